The Kier molecular flexibility index (Phi) is 9.32. The van der Waals surface area contributed by atoms with Gasteiger partial charge in [0.2, 0.25) is 5.91 Å². The summed E-state index contributed by atoms with van der Waals surface area (Å²) in [5.41, 5.74) is 4.63. The van der Waals surface area contributed by atoms with Gasteiger partial charge < -0.3 is 20.3 Å². The van der Waals surface area contributed by atoms with Crippen LogP contribution in [0.25, 0.3) is 5.57 Å². The number of benzene rings is 2. The van der Waals surface area contributed by atoms with Gasteiger partial charge >= 0.3 is 0 Å². The highest BCUT2D eigenvalue weighted by Crippen LogP contribution is 2.27. The zero-order chi connectivity index (χ0) is 28.6. The fourth-order valence-corrected chi connectivity index (χ4v) is 4.50. The van der Waals surface area contributed by atoms with Crippen molar-refractivity contribution in [1.82, 2.24) is 20.5 Å². The fraction of sp³-hybridized carbons (Fsp3) is 0.312. The largest absolute Gasteiger partial charge is 0.489 e. The van der Waals surface area contributed by atoms with Crippen molar-refractivity contribution in [2.45, 2.75) is 46.3 Å². The molecule has 0 saturated carbocycles. The molecule has 8 heteroatoms. The number of nitrogens with zero attached hydrogens (tertiary/aromatic N) is 2. The van der Waals surface area contributed by atoms with Crippen LogP contribution in [-0.2, 0) is 16.2 Å². The molecule has 1 saturated heterocycles. The molecule has 2 heterocycles. The minimum atomic E-state index is -0.316. The summed E-state index contributed by atoms with van der Waals surface area (Å²) in [5, 5.41) is 15.1. The third-order valence-electron chi connectivity index (χ3n) is 6.63. The first kappa shape index (κ1) is 28.5. The van der Waals surface area contributed by atoms with Crippen LogP contribution in [0.4, 0.5) is 0 Å². The molecule has 1 aliphatic rings. The molecular formula is C32H37N5O3. The molecule has 4 rings (SSSR count). The predicted molar refractivity (Wildman–Crippen MR) is 157 cm³/mol. The van der Waals surface area contributed by atoms with Crippen LogP contribution in [0, 0.1) is 5.41 Å². The first-order valence-electron chi connectivity index (χ1n) is 13.6. The van der Waals surface area contributed by atoms with Crippen molar-refractivity contribution in [2.24, 2.45) is 0 Å². The highest BCUT2D eigenvalue weighted by atomic mass is 16.5. The van der Waals surface area contributed by atoms with Crippen molar-refractivity contribution >= 4 is 23.1 Å². The Bertz CT molecular complexity index is 1360. The summed E-state index contributed by atoms with van der Waals surface area (Å²) in [6.45, 7) is 9.37. The van der Waals surface area contributed by atoms with Crippen molar-refractivity contribution in [3.63, 3.8) is 0 Å². The lowest BCUT2D eigenvalue weighted by atomic mass is 9.93. The van der Waals surface area contributed by atoms with Gasteiger partial charge in [-0.1, -0.05) is 50.2 Å². The number of amides is 2. The average Bonchev–Trinajstić information content (AvgIpc) is 2.95. The smallest absolute Gasteiger partial charge is 0.271 e. The Labute approximate surface area is 236 Å². The molecule has 208 valence electrons. The summed E-state index contributed by atoms with van der Waals surface area (Å²) in [7, 11) is 0. The number of piperazine rings is 1. The number of carbonyl (C=O) groups is 2. The first-order chi connectivity index (χ1) is 19.2. The van der Waals surface area contributed by atoms with Crippen molar-refractivity contribution in [3.05, 3.63) is 101 Å². The topological polar surface area (TPSA) is 107 Å². The molecule has 2 aromatic carbocycles. The van der Waals surface area contributed by atoms with Crippen molar-refractivity contribution in [1.29, 1.82) is 5.41 Å². The van der Waals surface area contributed by atoms with Gasteiger partial charge in [-0.2, -0.15) is 0 Å². The van der Waals surface area contributed by atoms with Gasteiger partial charge in [-0.05, 0) is 60.7 Å². The zero-order valence-corrected chi connectivity index (χ0v) is 23.5. The molecule has 0 radical (unpaired) electrons. The van der Waals surface area contributed by atoms with Gasteiger partial charge in [0.15, 0.2) is 0 Å². The maximum atomic E-state index is 13.6. The predicted octanol–water partition coefficient (Wildman–Crippen LogP) is 4.52. The number of aromatic nitrogens is 1. The molecule has 1 aromatic heterocycles. The van der Waals surface area contributed by atoms with Crippen LogP contribution in [0.2, 0.25) is 0 Å². The molecular weight excluding hydrogens is 502 g/mol. The van der Waals surface area contributed by atoms with Gasteiger partial charge in [0, 0.05) is 42.7 Å². The molecule has 3 N–H and O–H groups in total. The number of hydrogen-bond donors (Lipinski definition) is 3. The van der Waals surface area contributed by atoms with Crippen LogP contribution in [0.15, 0.2) is 78.8 Å². The van der Waals surface area contributed by atoms with E-state index >= 15 is 0 Å². The fourth-order valence-electron chi connectivity index (χ4n) is 4.50. The number of ether oxygens (including phenoxy) is 1. The van der Waals surface area contributed by atoms with E-state index in [-0.39, 0.29) is 30.1 Å². The van der Waals surface area contributed by atoms with Crippen LogP contribution < -0.4 is 15.4 Å². The average molecular weight is 540 g/mol. The maximum absolute atomic E-state index is 13.6. The Morgan fingerprint density at radius 3 is 2.30 bits per heavy atom. The second-order valence-corrected chi connectivity index (χ2v) is 10.4. The lowest BCUT2D eigenvalue weighted by Gasteiger charge is -2.31. The van der Waals surface area contributed by atoms with Gasteiger partial charge in [0.25, 0.3) is 5.91 Å². The summed E-state index contributed by atoms with van der Waals surface area (Å²) in [5.74, 6) is 0.637. The third-order valence-corrected chi connectivity index (χ3v) is 6.63. The van der Waals surface area contributed by atoms with E-state index < -0.39 is 0 Å². The van der Waals surface area contributed by atoms with Gasteiger partial charge in [0.05, 0.1) is 12.3 Å². The Morgan fingerprint density at radius 1 is 1.00 bits per heavy atom. The van der Waals surface area contributed by atoms with Crippen molar-refractivity contribution in [3.8, 4) is 5.75 Å². The second kappa shape index (κ2) is 13.1. The number of carbonyl (C=O) groups excluding carboxylic acids is 2. The normalized spacial score (nSPS) is 14.7. The quantitative estimate of drug-likeness (QED) is 0.259. The Morgan fingerprint density at radius 2 is 1.68 bits per heavy atom. The number of rotatable bonds is 10. The number of allylic oxidation sites excluding steroid dienone is 1. The highest BCUT2D eigenvalue weighted by molar-refractivity contribution is 6.34. The van der Waals surface area contributed by atoms with Gasteiger partial charge in [-0.25, -0.2) is 0 Å². The van der Waals surface area contributed by atoms with E-state index in [1.54, 1.807) is 24.5 Å². The molecule has 0 atom stereocenters. The maximum Gasteiger partial charge on any atom is 0.271 e. The second-order valence-electron chi connectivity index (χ2n) is 10.4. The molecule has 0 spiro atoms. The standard InChI is InChI=1S/C32H37N5O3/c1-21(2)24-7-5-23(6-8-24)20-40-27-11-9-25(10-12-27)29(30(33)26-13-15-34-16-14-26)31-32(39)37(18-17-35-31)19-28(38)36-22(3)4/h5-16,21-22,33,35H,17-20H2,1-4H3,(H,36,38)/b31-29-,33-30?. The van der Waals surface area contributed by atoms with Gasteiger partial charge in [-0.3, -0.25) is 20.0 Å². The first-order valence-corrected chi connectivity index (χ1v) is 13.6. The van der Waals surface area contributed by atoms with Crippen LogP contribution >= 0.6 is 0 Å². The molecule has 2 amide bonds. The molecule has 3 aromatic rings. The lowest BCUT2D eigenvalue weighted by Crippen LogP contribution is -2.51. The molecule has 1 fully saturated rings. The molecule has 8 nitrogen and oxygen atoms in total. The summed E-state index contributed by atoms with van der Waals surface area (Å²) >= 11 is 0. The van der Waals surface area contributed by atoms with E-state index in [1.807, 2.05) is 38.1 Å². The van der Waals surface area contributed by atoms with Crippen LogP contribution in [0.3, 0.4) is 0 Å². The van der Waals surface area contributed by atoms with Crippen molar-refractivity contribution < 1.29 is 14.3 Å². The third kappa shape index (κ3) is 7.14. The van der Waals surface area contributed by atoms with E-state index in [4.69, 9.17) is 10.1 Å². The minimum Gasteiger partial charge on any atom is -0.489 e. The SMILES string of the molecule is CC(C)NC(=O)CN1CCN/C(=C(\C(=N)c2ccncc2)c2ccc(OCc3ccc(C(C)C)cc3)cc2)C1=O. The van der Waals surface area contributed by atoms with E-state index in [9.17, 15) is 9.59 Å². The molecule has 0 bridgehead atoms. The van der Waals surface area contributed by atoms with Gasteiger partial charge in [-0.15, -0.1) is 0 Å². The Balaban J connectivity index is 1.60. The Hall–Kier alpha value is -4.46. The van der Waals surface area contributed by atoms with Gasteiger partial charge in [0.1, 0.15) is 18.1 Å². The minimum absolute atomic E-state index is 0.0175. The number of nitrogens with one attached hydrogen (secondary N) is 3. The monoisotopic (exact) mass is 539 g/mol. The number of pyridine rings is 1. The molecule has 1 aliphatic heterocycles. The number of hydrogen-bond acceptors (Lipinski definition) is 6. The summed E-state index contributed by atoms with van der Waals surface area (Å²) in [4.78, 5) is 31.6. The van der Waals surface area contributed by atoms with E-state index in [2.05, 4.69) is 53.7 Å². The summed E-state index contributed by atoms with van der Waals surface area (Å²) in [6, 6.07) is 19.3. The van der Waals surface area contributed by atoms with Crippen LogP contribution in [0.1, 0.15) is 55.9 Å². The van der Waals surface area contributed by atoms with Crippen LogP contribution in [0.5, 0.6) is 5.75 Å². The molecule has 40 heavy (non-hydrogen) atoms. The van der Waals surface area contributed by atoms with Crippen molar-refractivity contribution in [2.75, 3.05) is 19.6 Å². The highest BCUT2D eigenvalue weighted by Gasteiger charge is 2.30. The zero-order valence-electron chi connectivity index (χ0n) is 23.5. The summed E-state index contributed by atoms with van der Waals surface area (Å²) < 4.78 is 6.02. The van der Waals surface area contributed by atoms with E-state index in [0.717, 1.165) is 5.56 Å². The molecule has 0 unspecified atom stereocenters. The summed E-state index contributed by atoms with van der Waals surface area (Å²) in [6.07, 6.45) is 3.24. The van der Waals surface area contributed by atoms with E-state index in [1.165, 1.54) is 10.5 Å². The lowest BCUT2D eigenvalue weighted by molar-refractivity contribution is -0.134. The van der Waals surface area contributed by atoms with Crippen LogP contribution in [-0.4, -0.2) is 53.1 Å². The van der Waals surface area contributed by atoms with E-state index in [0.29, 0.717) is 53.8 Å². The molecule has 0 aliphatic carbocycles.